The maximum absolute atomic E-state index is 12.6. The SMILES string of the molecule is CC(C)n1ncc(Cl)c1C(=O)CC1CC2CCC(C1)N2. The highest BCUT2D eigenvalue weighted by Crippen LogP contribution is 2.34. The van der Waals surface area contributed by atoms with Crippen molar-refractivity contribution in [2.75, 3.05) is 0 Å². The van der Waals surface area contributed by atoms with Crippen LogP contribution >= 0.6 is 11.6 Å². The van der Waals surface area contributed by atoms with Crippen LogP contribution in [0, 0.1) is 5.92 Å². The van der Waals surface area contributed by atoms with E-state index in [1.807, 2.05) is 13.8 Å². The van der Waals surface area contributed by atoms with Crippen LogP contribution in [0.25, 0.3) is 0 Å². The van der Waals surface area contributed by atoms with Crippen molar-refractivity contribution in [2.45, 2.75) is 64.1 Å². The second-order valence-electron chi connectivity index (χ2n) is 6.48. The van der Waals surface area contributed by atoms with Crippen LogP contribution < -0.4 is 5.32 Å². The molecule has 5 heteroatoms. The summed E-state index contributed by atoms with van der Waals surface area (Å²) in [4.78, 5) is 12.6. The number of hydrogen-bond acceptors (Lipinski definition) is 3. The van der Waals surface area contributed by atoms with Gasteiger partial charge < -0.3 is 5.32 Å². The first-order valence-electron chi connectivity index (χ1n) is 7.57. The first-order chi connectivity index (χ1) is 9.54. The Kier molecular flexibility index (Phi) is 3.87. The summed E-state index contributed by atoms with van der Waals surface area (Å²) in [6.07, 6.45) is 6.96. The number of carbonyl (C=O) groups excluding carboxylic acids is 1. The van der Waals surface area contributed by atoms with Crippen LogP contribution in [-0.4, -0.2) is 27.6 Å². The van der Waals surface area contributed by atoms with Gasteiger partial charge in [-0.15, -0.1) is 0 Å². The van der Waals surface area contributed by atoms with Crippen LogP contribution in [0.1, 0.15) is 62.5 Å². The van der Waals surface area contributed by atoms with Crippen LogP contribution in [0.15, 0.2) is 6.20 Å². The van der Waals surface area contributed by atoms with Gasteiger partial charge in [-0.3, -0.25) is 9.48 Å². The minimum Gasteiger partial charge on any atom is -0.311 e. The number of rotatable bonds is 4. The predicted octanol–water partition coefficient (Wildman–Crippen LogP) is 3.22. The van der Waals surface area contributed by atoms with Crippen molar-refractivity contribution in [2.24, 2.45) is 5.92 Å². The topological polar surface area (TPSA) is 46.9 Å². The van der Waals surface area contributed by atoms with E-state index in [1.165, 1.54) is 12.8 Å². The lowest BCUT2D eigenvalue weighted by molar-refractivity contribution is 0.0933. The average molecular weight is 296 g/mol. The average Bonchev–Trinajstić information content (AvgIpc) is 2.92. The molecule has 0 spiro atoms. The lowest BCUT2D eigenvalue weighted by atomic mass is 9.87. The Morgan fingerprint density at radius 1 is 1.45 bits per heavy atom. The van der Waals surface area contributed by atoms with Gasteiger partial charge in [0.15, 0.2) is 5.78 Å². The van der Waals surface area contributed by atoms with E-state index >= 15 is 0 Å². The van der Waals surface area contributed by atoms with E-state index in [2.05, 4.69) is 10.4 Å². The summed E-state index contributed by atoms with van der Waals surface area (Å²) in [5.74, 6) is 0.639. The molecular formula is C15H22ClN3O. The van der Waals surface area contributed by atoms with Crippen LogP contribution in [-0.2, 0) is 0 Å². The van der Waals surface area contributed by atoms with Crippen molar-refractivity contribution in [1.82, 2.24) is 15.1 Å². The molecule has 1 aromatic heterocycles. The molecule has 20 heavy (non-hydrogen) atoms. The summed E-state index contributed by atoms with van der Waals surface area (Å²) in [5, 5.41) is 8.32. The first-order valence-corrected chi connectivity index (χ1v) is 7.94. The van der Waals surface area contributed by atoms with E-state index in [9.17, 15) is 4.79 Å². The zero-order valence-electron chi connectivity index (χ0n) is 12.1. The molecule has 0 saturated carbocycles. The molecule has 1 aromatic rings. The monoisotopic (exact) mass is 295 g/mol. The Bertz CT molecular complexity index is 499. The van der Waals surface area contributed by atoms with Gasteiger partial charge in [0.2, 0.25) is 0 Å². The number of hydrogen-bond donors (Lipinski definition) is 1. The molecule has 0 amide bonds. The fourth-order valence-corrected chi connectivity index (χ4v) is 3.93. The minimum atomic E-state index is 0.146. The molecule has 2 aliphatic heterocycles. The van der Waals surface area contributed by atoms with E-state index in [0.29, 0.717) is 35.1 Å². The van der Waals surface area contributed by atoms with Crippen LogP contribution in [0.5, 0.6) is 0 Å². The normalized spacial score (nSPS) is 29.1. The Morgan fingerprint density at radius 2 is 2.10 bits per heavy atom. The molecule has 2 aliphatic rings. The quantitative estimate of drug-likeness (QED) is 0.868. The highest BCUT2D eigenvalue weighted by molar-refractivity contribution is 6.33. The third kappa shape index (κ3) is 2.63. The van der Waals surface area contributed by atoms with Gasteiger partial charge in [-0.25, -0.2) is 0 Å². The number of aromatic nitrogens is 2. The van der Waals surface area contributed by atoms with Crippen molar-refractivity contribution >= 4 is 17.4 Å². The van der Waals surface area contributed by atoms with Crippen LogP contribution in [0.2, 0.25) is 5.02 Å². The summed E-state index contributed by atoms with van der Waals surface area (Å²) < 4.78 is 1.75. The molecular weight excluding hydrogens is 274 g/mol. The lowest BCUT2D eigenvalue weighted by Crippen LogP contribution is -2.38. The fourth-order valence-electron chi connectivity index (χ4n) is 3.69. The van der Waals surface area contributed by atoms with Gasteiger partial charge in [0.25, 0.3) is 0 Å². The molecule has 2 unspecified atom stereocenters. The summed E-state index contributed by atoms with van der Waals surface area (Å²) in [6.45, 7) is 4.04. The highest BCUT2D eigenvalue weighted by Gasteiger charge is 2.35. The lowest BCUT2D eigenvalue weighted by Gasteiger charge is -2.28. The summed E-state index contributed by atoms with van der Waals surface area (Å²) in [5.41, 5.74) is 0.590. The van der Waals surface area contributed by atoms with Crippen molar-refractivity contribution < 1.29 is 4.79 Å². The van der Waals surface area contributed by atoms with Crippen molar-refractivity contribution in [1.29, 1.82) is 0 Å². The van der Waals surface area contributed by atoms with Gasteiger partial charge in [0.1, 0.15) is 5.69 Å². The zero-order valence-corrected chi connectivity index (χ0v) is 12.9. The van der Waals surface area contributed by atoms with Crippen molar-refractivity contribution in [3.63, 3.8) is 0 Å². The summed E-state index contributed by atoms with van der Waals surface area (Å²) in [6, 6.07) is 1.40. The molecule has 2 bridgehead atoms. The summed E-state index contributed by atoms with van der Waals surface area (Å²) >= 11 is 6.15. The van der Waals surface area contributed by atoms with Gasteiger partial charge in [-0.2, -0.15) is 5.10 Å². The number of Topliss-reactive ketones (excluding diaryl/α,β-unsaturated/α-hetero) is 1. The van der Waals surface area contributed by atoms with Crippen molar-refractivity contribution in [3.05, 3.63) is 16.9 Å². The molecule has 0 radical (unpaired) electrons. The molecule has 3 rings (SSSR count). The van der Waals surface area contributed by atoms with Gasteiger partial charge in [0.05, 0.1) is 11.2 Å². The maximum Gasteiger partial charge on any atom is 0.182 e. The number of carbonyl (C=O) groups is 1. The van der Waals surface area contributed by atoms with E-state index < -0.39 is 0 Å². The Balaban J connectivity index is 1.72. The zero-order chi connectivity index (χ0) is 14.3. The molecule has 2 saturated heterocycles. The van der Waals surface area contributed by atoms with Gasteiger partial charge >= 0.3 is 0 Å². The fraction of sp³-hybridized carbons (Fsp3) is 0.733. The maximum atomic E-state index is 12.6. The molecule has 4 nitrogen and oxygen atoms in total. The molecule has 1 N–H and O–H groups in total. The Morgan fingerprint density at radius 3 is 2.70 bits per heavy atom. The van der Waals surface area contributed by atoms with Crippen molar-refractivity contribution in [3.8, 4) is 0 Å². The standard InChI is InChI=1S/C15H22ClN3O/c1-9(2)19-15(13(16)8-17-19)14(20)7-10-5-11-3-4-12(6-10)18-11/h8-12,18H,3-7H2,1-2H3. The van der Waals surface area contributed by atoms with Crippen LogP contribution in [0.3, 0.4) is 0 Å². The van der Waals surface area contributed by atoms with E-state index in [-0.39, 0.29) is 11.8 Å². The number of piperidine rings is 1. The number of ketones is 1. The largest absolute Gasteiger partial charge is 0.311 e. The number of nitrogens with zero attached hydrogens (tertiary/aromatic N) is 2. The smallest absolute Gasteiger partial charge is 0.182 e. The molecule has 0 aliphatic carbocycles. The predicted molar refractivity (Wildman–Crippen MR) is 79.2 cm³/mol. The van der Waals surface area contributed by atoms with Gasteiger partial charge in [-0.1, -0.05) is 11.6 Å². The molecule has 0 aromatic carbocycles. The molecule has 2 fully saturated rings. The second kappa shape index (κ2) is 5.49. The second-order valence-corrected chi connectivity index (χ2v) is 6.89. The van der Waals surface area contributed by atoms with E-state index in [0.717, 1.165) is 12.8 Å². The molecule has 2 atom stereocenters. The number of halogens is 1. The first kappa shape index (κ1) is 14.1. The molecule has 3 heterocycles. The van der Waals surface area contributed by atoms with Gasteiger partial charge in [-0.05, 0) is 45.4 Å². The summed E-state index contributed by atoms with van der Waals surface area (Å²) in [7, 11) is 0. The minimum absolute atomic E-state index is 0.146. The third-order valence-electron chi connectivity index (χ3n) is 4.55. The number of fused-ring (bicyclic) bond motifs is 2. The Hall–Kier alpha value is -0.870. The van der Waals surface area contributed by atoms with E-state index in [1.54, 1.807) is 10.9 Å². The van der Waals surface area contributed by atoms with Gasteiger partial charge in [0, 0.05) is 24.5 Å². The third-order valence-corrected chi connectivity index (χ3v) is 4.83. The van der Waals surface area contributed by atoms with Crippen LogP contribution in [0.4, 0.5) is 0 Å². The molecule has 110 valence electrons. The number of nitrogens with one attached hydrogen (secondary N) is 1. The highest BCUT2D eigenvalue weighted by atomic mass is 35.5. The van der Waals surface area contributed by atoms with E-state index in [4.69, 9.17) is 11.6 Å². The Labute approximate surface area is 124 Å².